The molecule has 0 aliphatic heterocycles. The van der Waals surface area contributed by atoms with Crippen LogP contribution in [0, 0.1) is 0 Å². The van der Waals surface area contributed by atoms with Crippen LogP contribution >= 0.6 is 0 Å². The van der Waals surface area contributed by atoms with Gasteiger partial charge in [0.1, 0.15) is 0 Å². The molecule has 5 heteroatoms. The summed E-state index contributed by atoms with van der Waals surface area (Å²) in [6.07, 6.45) is 0. The summed E-state index contributed by atoms with van der Waals surface area (Å²) in [6, 6.07) is 4.91. The van der Waals surface area contributed by atoms with Crippen LogP contribution in [0.1, 0.15) is 26.3 Å². The van der Waals surface area contributed by atoms with Crippen molar-refractivity contribution < 1.29 is 14.6 Å². The first-order chi connectivity index (χ1) is 9.53. The van der Waals surface area contributed by atoms with Crippen molar-refractivity contribution in [2.24, 2.45) is 0 Å². The first-order valence-electron chi connectivity index (χ1n) is 6.91. The lowest BCUT2D eigenvalue weighted by Crippen LogP contribution is -2.44. The molecule has 0 spiro atoms. The summed E-state index contributed by atoms with van der Waals surface area (Å²) >= 11 is 0. The van der Waals surface area contributed by atoms with E-state index in [1.165, 1.54) is 7.11 Å². The second kappa shape index (κ2) is 7.75. The van der Waals surface area contributed by atoms with Gasteiger partial charge < -0.3 is 20.1 Å². The van der Waals surface area contributed by atoms with Gasteiger partial charge in [0, 0.05) is 19.6 Å². The third-order valence-electron chi connectivity index (χ3n) is 3.30. The SMILES string of the molecule is CCN(CC)C(=O)C(C)NCc1ccc(O)c(OC)c1. The first-order valence-corrected chi connectivity index (χ1v) is 6.91. The minimum absolute atomic E-state index is 0.0979. The largest absolute Gasteiger partial charge is 0.504 e. The quantitative estimate of drug-likeness (QED) is 0.799. The van der Waals surface area contributed by atoms with Crippen molar-refractivity contribution in [3.05, 3.63) is 23.8 Å². The van der Waals surface area contributed by atoms with Gasteiger partial charge in [-0.1, -0.05) is 6.07 Å². The van der Waals surface area contributed by atoms with Crippen LogP contribution < -0.4 is 10.1 Å². The highest BCUT2D eigenvalue weighted by Crippen LogP contribution is 2.26. The first kappa shape index (κ1) is 16.3. The minimum Gasteiger partial charge on any atom is -0.504 e. The zero-order valence-electron chi connectivity index (χ0n) is 12.6. The Labute approximate surface area is 120 Å². The number of benzene rings is 1. The molecule has 0 aromatic heterocycles. The van der Waals surface area contributed by atoms with Gasteiger partial charge in [-0.2, -0.15) is 0 Å². The van der Waals surface area contributed by atoms with Gasteiger partial charge in [-0.3, -0.25) is 4.79 Å². The number of carbonyl (C=O) groups is 1. The molecule has 0 heterocycles. The lowest BCUT2D eigenvalue weighted by molar-refractivity contribution is -0.132. The van der Waals surface area contributed by atoms with Crippen molar-refractivity contribution in [3.63, 3.8) is 0 Å². The number of nitrogens with one attached hydrogen (secondary N) is 1. The molecular weight excluding hydrogens is 256 g/mol. The average molecular weight is 280 g/mol. The number of nitrogens with zero attached hydrogens (tertiary/aromatic N) is 1. The summed E-state index contributed by atoms with van der Waals surface area (Å²) in [5.74, 6) is 0.649. The Morgan fingerprint density at radius 3 is 2.60 bits per heavy atom. The van der Waals surface area contributed by atoms with Gasteiger partial charge in [-0.05, 0) is 38.5 Å². The maximum Gasteiger partial charge on any atom is 0.239 e. The van der Waals surface area contributed by atoms with Gasteiger partial charge in [0.15, 0.2) is 11.5 Å². The lowest BCUT2D eigenvalue weighted by Gasteiger charge is -2.23. The fraction of sp³-hybridized carbons (Fsp3) is 0.533. The maximum absolute atomic E-state index is 12.1. The standard InChI is InChI=1S/C15H24N2O3/c1-5-17(6-2)15(19)11(3)16-10-12-7-8-13(18)14(9-12)20-4/h7-9,11,16,18H,5-6,10H2,1-4H3. The van der Waals surface area contributed by atoms with E-state index in [-0.39, 0.29) is 17.7 Å². The van der Waals surface area contributed by atoms with Gasteiger partial charge in [0.05, 0.1) is 13.2 Å². The highest BCUT2D eigenvalue weighted by Gasteiger charge is 2.17. The summed E-state index contributed by atoms with van der Waals surface area (Å²) in [7, 11) is 1.51. The second-order valence-electron chi connectivity index (χ2n) is 4.62. The lowest BCUT2D eigenvalue weighted by atomic mass is 10.2. The molecule has 20 heavy (non-hydrogen) atoms. The van der Waals surface area contributed by atoms with Crippen molar-refractivity contribution >= 4 is 5.91 Å². The number of phenols is 1. The number of phenolic OH excluding ortho intramolecular Hbond substituents is 1. The van der Waals surface area contributed by atoms with Crippen LogP contribution in [0.5, 0.6) is 11.5 Å². The minimum atomic E-state index is -0.241. The van der Waals surface area contributed by atoms with Gasteiger partial charge in [-0.25, -0.2) is 0 Å². The Balaban J connectivity index is 2.60. The van der Waals surface area contributed by atoms with Crippen LogP contribution in [0.3, 0.4) is 0 Å². The summed E-state index contributed by atoms with van der Waals surface area (Å²) in [5, 5.41) is 12.7. The summed E-state index contributed by atoms with van der Waals surface area (Å²) < 4.78 is 5.06. The zero-order valence-corrected chi connectivity index (χ0v) is 12.6. The molecule has 5 nitrogen and oxygen atoms in total. The number of ether oxygens (including phenoxy) is 1. The van der Waals surface area contributed by atoms with E-state index >= 15 is 0 Å². The Morgan fingerprint density at radius 2 is 2.05 bits per heavy atom. The predicted octanol–water partition coefficient (Wildman–Crippen LogP) is 1.75. The number of amides is 1. The molecule has 0 saturated heterocycles. The molecule has 0 bridgehead atoms. The Morgan fingerprint density at radius 1 is 1.40 bits per heavy atom. The molecule has 0 fully saturated rings. The van der Waals surface area contributed by atoms with E-state index in [2.05, 4.69) is 5.32 Å². The van der Waals surface area contributed by atoms with E-state index in [4.69, 9.17) is 4.74 Å². The number of hydrogen-bond donors (Lipinski definition) is 2. The van der Waals surface area contributed by atoms with Gasteiger partial charge >= 0.3 is 0 Å². The van der Waals surface area contributed by atoms with Crippen molar-refractivity contribution in [3.8, 4) is 11.5 Å². The molecule has 2 N–H and O–H groups in total. The van der Waals surface area contributed by atoms with E-state index in [9.17, 15) is 9.90 Å². The topological polar surface area (TPSA) is 61.8 Å². The number of rotatable bonds is 7. The van der Waals surface area contributed by atoms with Crippen LogP contribution in [0.15, 0.2) is 18.2 Å². The Hall–Kier alpha value is -1.75. The number of aromatic hydroxyl groups is 1. The normalized spacial score (nSPS) is 12.0. The van der Waals surface area contributed by atoms with Gasteiger partial charge in [-0.15, -0.1) is 0 Å². The summed E-state index contributed by atoms with van der Waals surface area (Å²) in [5.41, 5.74) is 0.957. The van der Waals surface area contributed by atoms with Crippen molar-refractivity contribution in [1.82, 2.24) is 10.2 Å². The van der Waals surface area contributed by atoms with E-state index in [0.29, 0.717) is 25.4 Å². The predicted molar refractivity (Wildman–Crippen MR) is 78.9 cm³/mol. The molecule has 0 aliphatic rings. The molecule has 1 rings (SSSR count). The van der Waals surface area contributed by atoms with Gasteiger partial charge in [0.25, 0.3) is 0 Å². The fourth-order valence-electron chi connectivity index (χ4n) is 2.00. The third-order valence-corrected chi connectivity index (χ3v) is 3.30. The Bertz CT molecular complexity index is 445. The molecule has 1 aromatic rings. The van der Waals surface area contributed by atoms with Crippen molar-refractivity contribution in [2.75, 3.05) is 20.2 Å². The van der Waals surface area contributed by atoms with Crippen LogP contribution in [0.25, 0.3) is 0 Å². The van der Waals surface area contributed by atoms with Crippen LogP contribution in [0.4, 0.5) is 0 Å². The monoisotopic (exact) mass is 280 g/mol. The number of carbonyl (C=O) groups excluding carboxylic acids is 1. The summed E-state index contributed by atoms with van der Waals surface area (Å²) in [4.78, 5) is 13.9. The molecule has 1 unspecified atom stereocenters. The molecule has 0 radical (unpaired) electrons. The second-order valence-corrected chi connectivity index (χ2v) is 4.62. The number of methoxy groups -OCH3 is 1. The molecule has 1 aromatic carbocycles. The molecular formula is C15H24N2O3. The molecule has 1 atom stereocenters. The zero-order chi connectivity index (χ0) is 15.1. The van der Waals surface area contributed by atoms with E-state index in [1.807, 2.05) is 20.8 Å². The molecule has 0 saturated carbocycles. The highest BCUT2D eigenvalue weighted by atomic mass is 16.5. The summed E-state index contributed by atoms with van der Waals surface area (Å²) in [6.45, 7) is 7.78. The van der Waals surface area contributed by atoms with Gasteiger partial charge in [0.2, 0.25) is 5.91 Å². The molecule has 112 valence electrons. The maximum atomic E-state index is 12.1. The smallest absolute Gasteiger partial charge is 0.239 e. The van der Waals surface area contributed by atoms with E-state index in [1.54, 1.807) is 23.1 Å². The number of likely N-dealkylation sites (N-methyl/N-ethyl adjacent to an activating group) is 1. The van der Waals surface area contributed by atoms with Crippen LogP contribution in [-0.4, -0.2) is 42.2 Å². The fourth-order valence-corrected chi connectivity index (χ4v) is 2.00. The molecule has 1 amide bonds. The van der Waals surface area contributed by atoms with E-state index in [0.717, 1.165) is 5.56 Å². The highest BCUT2D eigenvalue weighted by molar-refractivity contribution is 5.81. The Kier molecular flexibility index (Phi) is 6.31. The average Bonchev–Trinajstić information content (AvgIpc) is 2.47. The third kappa shape index (κ3) is 4.13. The van der Waals surface area contributed by atoms with E-state index < -0.39 is 0 Å². The molecule has 0 aliphatic carbocycles. The van der Waals surface area contributed by atoms with Crippen molar-refractivity contribution in [1.29, 1.82) is 0 Å². The van der Waals surface area contributed by atoms with Crippen LogP contribution in [0.2, 0.25) is 0 Å². The van der Waals surface area contributed by atoms with Crippen LogP contribution in [-0.2, 0) is 11.3 Å². The van der Waals surface area contributed by atoms with Crippen molar-refractivity contribution in [2.45, 2.75) is 33.4 Å². The number of hydrogen-bond acceptors (Lipinski definition) is 4.